The summed E-state index contributed by atoms with van der Waals surface area (Å²) < 4.78 is 13.9. The average Bonchev–Trinajstić information content (AvgIpc) is 2.33. The second kappa shape index (κ2) is 5.86. The molecule has 0 bridgehead atoms. The van der Waals surface area contributed by atoms with Gasteiger partial charge in [-0.05, 0) is 46.3 Å². The molecule has 19 heavy (non-hydrogen) atoms. The maximum Gasteiger partial charge on any atom is 0.141 e. The van der Waals surface area contributed by atoms with Crippen LogP contribution in [0.1, 0.15) is 5.56 Å². The van der Waals surface area contributed by atoms with E-state index >= 15 is 0 Å². The highest BCUT2D eigenvalue weighted by Gasteiger charge is 2.10. The largest absolute Gasteiger partial charge is 0.389 e. The summed E-state index contributed by atoms with van der Waals surface area (Å²) in [5.41, 5.74) is 7.77. The van der Waals surface area contributed by atoms with E-state index in [4.69, 9.17) is 29.6 Å². The molecular weight excluding hydrogens is 351 g/mol. The van der Waals surface area contributed by atoms with Crippen molar-refractivity contribution in [2.75, 3.05) is 5.32 Å². The van der Waals surface area contributed by atoms with Crippen LogP contribution in [-0.2, 0) is 0 Å². The third kappa shape index (κ3) is 3.23. The van der Waals surface area contributed by atoms with Crippen LogP contribution >= 0.6 is 39.7 Å². The Bertz CT molecular complexity index is 649. The van der Waals surface area contributed by atoms with E-state index in [1.54, 1.807) is 6.07 Å². The van der Waals surface area contributed by atoms with Crippen LogP contribution in [0.4, 0.5) is 15.8 Å². The lowest BCUT2D eigenvalue weighted by Crippen LogP contribution is -2.12. The molecule has 0 unspecified atom stereocenters. The fourth-order valence-corrected chi connectivity index (χ4v) is 2.72. The van der Waals surface area contributed by atoms with E-state index in [1.165, 1.54) is 12.1 Å². The summed E-state index contributed by atoms with van der Waals surface area (Å²) in [5, 5.41) is 3.17. The standard InChI is InChI=1S/C13H9BrClFN2S/c14-8-2-1-3-11(12(8)13(17)19)18-7-4-5-10(16)9(15)6-7/h1-6,18H,(H2,17,19). The number of rotatable bonds is 3. The van der Waals surface area contributed by atoms with Gasteiger partial charge in [0.1, 0.15) is 10.8 Å². The summed E-state index contributed by atoms with van der Waals surface area (Å²) >= 11 is 14.2. The zero-order valence-electron chi connectivity index (χ0n) is 9.58. The lowest BCUT2D eigenvalue weighted by atomic mass is 10.1. The summed E-state index contributed by atoms with van der Waals surface area (Å²) in [7, 11) is 0. The Kier molecular flexibility index (Phi) is 4.39. The lowest BCUT2D eigenvalue weighted by molar-refractivity contribution is 0.628. The molecule has 3 N–H and O–H groups in total. The van der Waals surface area contributed by atoms with Crippen molar-refractivity contribution in [3.8, 4) is 0 Å². The number of thiocarbonyl (C=S) groups is 1. The van der Waals surface area contributed by atoms with Gasteiger partial charge in [0.25, 0.3) is 0 Å². The Hall–Kier alpha value is -1.17. The van der Waals surface area contributed by atoms with Crippen molar-refractivity contribution in [3.63, 3.8) is 0 Å². The molecule has 0 heterocycles. The van der Waals surface area contributed by atoms with Gasteiger partial charge in [-0.25, -0.2) is 4.39 Å². The van der Waals surface area contributed by atoms with E-state index in [2.05, 4.69) is 21.2 Å². The summed E-state index contributed by atoms with van der Waals surface area (Å²) in [4.78, 5) is 0.267. The number of anilines is 2. The minimum absolute atomic E-state index is 0.0527. The molecular formula is C13H9BrClFN2S. The first-order valence-electron chi connectivity index (χ1n) is 5.29. The predicted molar refractivity (Wildman–Crippen MR) is 84.7 cm³/mol. The molecule has 0 aliphatic heterocycles. The highest BCUT2D eigenvalue weighted by atomic mass is 79.9. The summed E-state index contributed by atoms with van der Waals surface area (Å²) in [5.74, 6) is -0.462. The maximum absolute atomic E-state index is 13.1. The highest BCUT2D eigenvalue weighted by molar-refractivity contribution is 9.10. The molecule has 0 aliphatic carbocycles. The van der Waals surface area contributed by atoms with Crippen molar-refractivity contribution in [2.45, 2.75) is 0 Å². The Morgan fingerprint density at radius 1 is 1.32 bits per heavy atom. The number of benzene rings is 2. The fraction of sp³-hybridized carbons (Fsp3) is 0. The van der Waals surface area contributed by atoms with Crippen molar-refractivity contribution in [3.05, 3.63) is 57.3 Å². The number of hydrogen-bond donors (Lipinski definition) is 2. The molecule has 0 saturated heterocycles. The van der Waals surface area contributed by atoms with Crippen molar-refractivity contribution < 1.29 is 4.39 Å². The molecule has 98 valence electrons. The molecule has 0 atom stereocenters. The smallest absolute Gasteiger partial charge is 0.141 e. The third-order valence-electron chi connectivity index (χ3n) is 2.46. The predicted octanol–water partition coefficient (Wildman–Crippen LogP) is 4.62. The Labute approximate surface area is 128 Å². The van der Waals surface area contributed by atoms with Crippen molar-refractivity contribution in [2.24, 2.45) is 5.73 Å². The first-order valence-corrected chi connectivity index (χ1v) is 6.87. The van der Waals surface area contributed by atoms with E-state index in [0.717, 1.165) is 10.2 Å². The lowest BCUT2D eigenvalue weighted by Gasteiger charge is -2.13. The van der Waals surface area contributed by atoms with E-state index < -0.39 is 5.82 Å². The topological polar surface area (TPSA) is 38.0 Å². The van der Waals surface area contributed by atoms with Gasteiger partial charge in [-0.3, -0.25) is 0 Å². The molecule has 0 radical (unpaired) electrons. The first-order chi connectivity index (χ1) is 8.99. The third-order valence-corrected chi connectivity index (χ3v) is 3.61. The molecule has 0 fully saturated rings. The molecule has 2 rings (SSSR count). The van der Waals surface area contributed by atoms with Crippen LogP contribution in [-0.4, -0.2) is 4.99 Å². The molecule has 0 saturated carbocycles. The van der Waals surface area contributed by atoms with Gasteiger partial charge in [0, 0.05) is 21.4 Å². The molecule has 0 amide bonds. The molecule has 2 aromatic carbocycles. The van der Waals surface area contributed by atoms with Gasteiger partial charge in [0.2, 0.25) is 0 Å². The Balaban J connectivity index is 2.40. The van der Waals surface area contributed by atoms with E-state index in [0.29, 0.717) is 11.3 Å². The average molecular weight is 360 g/mol. The van der Waals surface area contributed by atoms with Crippen LogP contribution in [0.3, 0.4) is 0 Å². The van der Waals surface area contributed by atoms with Crippen molar-refractivity contribution in [1.82, 2.24) is 0 Å². The van der Waals surface area contributed by atoms with Gasteiger partial charge in [0.05, 0.1) is 5.02 Å². The molecule has 0 aliphatic rings. The zero-order chi connectivity index (χ0) is 14.0. The summed E-state index contributed by atoms with van der Waals surface area (Å²) in [6, 6.07) is 9.91. The summed E-state index contributed by atoms with van der Waals surface area (Å²) in [6.45, 7) is 0. The quantitative estimate of drug-likeness (QED) is 0.785. The number of nitrogens with two attached hydrogens (primary N) is 1. The van der Waals surface area contributed by atoms with Gasteiger partial charge in [-0.2, -0.15) is 0 Å². The van der Waals surface area contributed by atoms with Gasteiger partial charge in [-0.15, -0.1) is 0 Å². The fourth-order valence-electron chi connectivity index (χ4n) is 1.61. The minimum Gasteiger partial charge on any atom is -0.389 e. The highest BCUT2D eigenvalue weighted by Crippen LogP contribution is 2.29. The second-order valence-corrected chi connectivity index (χ2v) is 5.48. The second-order valence-electron chi connectivity index (χ2n) is 3.78. The molecule has 0 aromatic heterocycles. The number of nitrogens with one attached hydrogen (secondary N) is 1. The van der Waals surface area contributed by atoms with Crippen LogP contribution in [0.15, 0.2) is 40.9 Å². The van der Waals surface area contributed by atoms with Crippen LogP contribution in [0.2, 0.25) is 5.02 Å². The monoisotopic (exact) mass is 358 g/mol. The van der Waals surface area contributed by atoms with Gasteiger partial charge < -0.3 is 11.1 Å². The number of halogens is 3. The molecule has 2 nitrogen and oxygen atoms in total. The maximum atomic E-state index is 13.1. The van der Waals surface area contributed by atoms with Crippen LogP contribution in [0.5, 0.6) is 0 Å². The Morgan fingerprint density at radius 2 is 2.05 bits per heavy atom. The van der Waals surface area contributed by atoms with Gasteiger partial charge in [-0.1, -0.05) is 29.9 Å². The van der Waals surface area contributed by atoms with Crippen LogP contribution in [0.25, 0.3) is 0 Å². The van der Waals surface area contributed by atoms with Gasteiger partial charge in [0.15, 0.2) is 0 Å². The Morgan fingerprint density at radius 3 is 2.68 bits per heavy atom. The first kappa shape index (κ1) is 14.2. The summed E-state index contributed by atoms with van der Waals surface area (Å²) in [6.07, 6.45) is 0. The minimum atomic E-state index is -0.462. The zero-order valence-corrected chi connectivity index (χ0v) is 12.7. The number of hydrogen-bond acceptors (Lipinski definition) is 2. The van der Waals surface area contributed by atoms with E-state index in [1.807, 2.05) is 18.2 Å². The van der Waals surface area contributed by atoms with Gasteiger partial charge >= 0.3 is 0 Å². The van der Waals surface area contributed by atoms with Crippen molar-refractivity contribution in [1.29, 1.82) is 0 Å². The molecule has 2 aromatic rings. The molecule has 6 heteroatoms. The van der Waals surface area contributed by atoms with E-state index in [9.17, 15) is 4.39 Å². The van der Waals surface area contributed by atoms with Crippen LogP contribution < -0.4 is 11.1 Å². The van der Waals surface area contributed by atoms with Crippen LogP contribution in [0, 0.1) is 5.82 Å². The SMILES string of the molecule is NC(=S)c1c(Br)cccc1Nc1ccc(F)c(Cl)c1. The van der Waals surface area contributed by atoms with Crippen molar-refractivity contribution >= 4 is 56.1 Å². The normalized spacial score (nSPS) is 10.3. The molecule has 0 spiro atoms. The van der Waals surface area contributed by atoms with E-state index in [-0.39, 0.29) is 10.0 Å².